The number of ether oxygens (including phenoxy) is 2. The molecule has 3 aromatic rings. The lowest BCUT2D eigenvalue weighted by Gasteiger charge is -2.08. The number of para-hydroxylation sites is 1. The van der Waals surface area contributed by atoms with Gasteiger partial charge in [-0.1, -0.05) is 23.5 Å². The first kappa shape index (κ1) is 18.0. The van der Waals surface area contributed by atoms with Gasteiger partial charge in [-0.15, -0.1) is 0 Å². The first-order valence-electron chi connectivity index (χ1n) is 8.46. The highest BCUT2D eigenvalue weighted by atomic mass is 32.1. The van der Waals surface area contributed by atoms with Gasteiger partial charge in [0.25, 0.3) is 5.91 Å². The number of nitrogens with zero attached hydrogens (tertiary/aromatic N) is 1. The Morgan fingerprint density at radius 2 is 1.77 bits per heavy atom. The summed E-state index contributed by atoms with van der Waals surface area (Å²) in [6.07, 6.45) is 0. The Kier molecular flexibility index (Phi) is 6.27. The van der Waals surface area contributed by atoms with E-state index in [2.05, 4.69) is 15.6 Å². The summed E-state index contributed by atoms with van der Waals surface area (Å²) >= 11 is 1.60. The average molecular weight is 371 g/mol. The molecule has 7 heteroatoms. The Labute approximate surface area is 156 Å². The van der Waals surface area contributed by atoms with Crippen LogP contribution in [0.25, 0.3) is 10.2 Å². The van der Waals surface area contributed by atoms with Crippen LogP contribution in [0.15, 0.2) is 48.5 Å². The third kappa shape index (κ3) is 5.10. The minimum atomic E-state index is -0.162. The van der Waals surface area contributed by atoms with E-state index in [0.29, 0.717) is 25.4 Å². The fourth-order valence-electron chi connectivity index (χ4n) is 2.32. The minimum Gasteiger partial charge on any atom is -0.494 e. The monoisotopic (exact) mass is 371 g/mol. The molecule has 0 saturated carbocycles. The Balaban J connectivity index is 1.34. The zero-order chi connectivity index (χ0) is 18.2. The second-order valence-corrected chi connectivity index (χ2v) is 6.49. The highest BCUT2D eigenvalue weighted by Crippen LogP contribution is 2.24. The zero-order valence-electron chi connectivity index (χ0n) is 14.5. The predicted molar refractivity (Wildman–Crippen MR) is 104 cm³/mol. The molecule has 0 aliphatic rings. The molecule has 0 bridgehead atoms. The first-order chi connectivity index (χ1) is 12.7. The normalized spacial score (nSPS) is 10.5. The molecule has 1 aromatic heterocycles. The van der Waals surface area contributed by atoms with Gasteiger partial charge in [-0.3, -0.25) is 4.79 Å². The van der Waals surface area contributed by atoms with Gasteiger partial charge >= 0.3 is 0 Å². The molecule has 0 atom stereocenters. The van der Waals surface area contributed by atoms with Crippen molar-refractivity contribution in [3.8, 4) is 11.5 Å². The van der Waals surface area contributed by atoms with E-state index in [0.717, 1.165) is 21.1 Å². The van der Waals surface area contributed by atoms with E-state index < -0.39 is 0 Å². The molecule has 3 rings (SSSR count). The third-order valence-electron chi connectivity index (χ3n) is 3.52. The second kappa shape index (κ2) is 9.05. The van der Waals surface area contributed by atoms with E-state index in [1.54, 1.807) is 23.5 Å². The van der Waals surface area contributed by atoms with Crippen LogP contribution >= 0.6 is 11.3 Å². The van der Waals surface area contributed by atoms with Crippen molar-refractivity contribution in [1.82, 2.24) is 10.3 Å². The van der Waals surface area contributed by atoms with Gasteiger partial charge in [0, 0.05) is 13.1 Å². The molecule has 136 valence electrons. The van der Waals surface area contributed by atoms with Gasteiger partial charge in [-0.05, 0) is 43.3 Å². The van der Waals surface area contributed by atoms with Gasteiger partial charge in [0.1, 0.15) is 11.5 Å². The number of carbonyl (C=O) groups excluding carboxylic acids is 1. The van der Waals surface area contributed by atoms with E-state index in [4.69, 9.17) is 9.47 Å². The SMILES string of the molecule is CCOc1ccc(OCC(=O)NCCNc2nc3ccccc3s2)cc1. The van der Waals surface area contributed by atoms with Crippen LogP contribution in [-0.4, -0.2) is 37.2 Å². The average Bonchev–Trinajstić information content (AvgIpc) is 3.08. The van der Waals surface area contributed by atoms with Crippen molar-refractivity contribution in [2.24, 2.45) is 0 Å². The Bertz CT molecular complexity index is 816. The van der Waals surface area contributed by atoms with Crippen LogP contribution in [0.5, 0.6) is 11.5 Å². The van der Waals surface area contributed by atoms with Gasteiger partial charge in [0.2, 0.25) is 0 Å². The molecule has 0 saturated heterocycles. The summed E-state index contributed by atoms with van der Waals surface area (Å²) in [5.41, 5.74) is 0.979. The van der Waals surface area contributed by atoms with Gasteiger partial charge in [0.15, 0.2) is 11.7 Å². The van der Waals surface area contributed by atoms with Crippen molar-refractivity contribution >= 4 is 32.6 Å². The quantitative estimate of drug-likeness (QED) is 0.565. The first-order valence-corrected chi connectivity index (χ1v) is 9.28. The summed E-state index contributed by atoms with van der Waals surface area (Å²) in [5.74, 6) is 1.26. The maximum atomic E-state index is 11.8. The van der Waals surface area contributed by atoms with Gasteiger partial charge in [0.05, 0.1) is 16.8 Å². The smallest absolute Gasteiger partial charge is 0.258 e. The maximum Gasteiger partial charge on any atom is 0.258 e. The Hall–Kier alpha value is -2.80. The van der Waals surface area contributed by atoms with Crippen molar-refractivity contribution in [2.75, 3.05) is 31.6 Å². The highest BCUT2D eigenvalue weighted by Gasteiger charge is 2.04. The number of fused-ring (bicyclic) bond motifs is 1. The van der Waals surface area contributed by atoms with Gasteiger partial charge in [-0.2, -0.15) is 0 Å². The number of carbonyl (C=O) groups is 1. The lowest BCUT2D eigenvalue weighted by molar-refractivity contribution is -0.123. The molecule has 0 spiro atoms. The highest BCUT2D eigenvalue weighted by molar-refractivity contribution is 7.22. The largest absolute Gasteiger partial charge is 0.494 e. The van der Waals surface area contributed by atoms with E-state index >= 15 is 0 Å². The molecular weight excluding hydrogens is 350 g/mol. The van der Waals surface area contributed by atoms with Crippen LogP contribution in [0.3, 0.4) is 0 Å². The molecule has 0 fully saturated rings. The number of nitrogens with one attached hydrogen (secondary N) is 2. The minimum absolute atomic E-state index is 0.0187. The van der Waals surface area contributed by atoms with Crippen LogP contribution in [-0.2, 0) is 4.79 Å². The van der Waals surface area contributed by atoms with Crippen LogP contribution < -0.4 is 20.1 Å². The number of hydrogen-bond donors (Lipinski definition) is 2. The van der Waals surface area contributed by atoms with Crippen LogP contribution in [0, 0.1) is 0 Å². The summed E-state index contributed by atoms with van der Waals surface area (Å²) in [5, 5.41) is 6.89. The summed E-state index contributed by atoms with van der Waals surface area (Å²) in [6.45, 7) is 3.64. The summed E-state index contributed by atoms with van der Waals surface area (Å²) in [7, 11) is 0. The Morgan fingerprint density at radius 3 is 2.50 bits per heavy atom. The molecule has 2 N–H and O–H groups in total. The van der Waals surface area contributed by atoms with E-state index in [1.807, 2.05) is 43.3 Å². The van der Waals surface area contributed by atoms with Crippen LogP contribution in [0.2, 0.25) is 0 Å². The summed E-state index contributed by atoms with van der Waals surface area (Å²) in [4.78, 5) is 16.3. The molecule has 1 amide bonds. The van der Waals surface area contributed by atoms with Crippen molar-refractivity contribution in [1.29, 1.82) is 0 Å². The second-order valence-electron chi connectivity index (χ2n) is 5.46. The maximum absolute atomic E-state index is 11.8. The number of rotatable bonds is 9. The fraction of sp³-hybridized carbons (Fsp3) is 0.263. The van der Waals surface area contributed by atoms with Crippen LogP contribution in [0.4, 0.5) is 5.13 Å². The van der Waals surface area contributed by atoms with E-state index in [9.17, 15) is 4.79 Å². The van der Waals surface area contributed by atoms with Crippen molar-refractivity contribution in [3.05, 3.63) is 48.5 Å². The topological polar surface area (TPSA) is 72.5 Å². The van der Waals surface area contributed by atoms with Gasteiger partial charge < -0.3 is 20.1 Å². The number of amides is 1. The number of anilines is 1. The molecule has 1 heterocycles. The fourth-order valence-corrected chi connectivity index (χ4v) is 3.21. The lowest BCUT2D eigenvalue weighted by Crippen LogP contribution is -2.32. The predicted octanol–water partition coefficient (Wildman–Crippen LogP) is 3.30. The summed E-state index contributed by atoms with van der Waals surface area (Å²) < 4.78 is 12.0. The third-order valence-corrected chi connectivity index (χ3v) is 4.52. The summed E-state index contributed by atoms with van der Waals surface area (Å²) in [6, 6.07) is 15.2. The van der Waals surface area contributed by atoms with Crippen LogP contribution in [0.1, 0.15) is 6.92 Å². The number of hydrogen-bond acceptors (Lipinski definition) is 6. The van der Waals surface area contributed by atoms with Gasteiger partial charge in [-0.25, -0.2) is 4.98 Å². The van der Waals surface area contributed by atoms with E-state index in [1.165, 1.54) is 0 Å². The van der Waals surface area contributed by atoms with Crippen molar-refractivity contribution in [2.45, 2.75) is 6.92 Å². The molecule has 0 radical (unpaired) electrons. The zero-order valence-corrected chi connectivity index (χ0v) is 15.3. The molecule has 6 nitrogen and oxygen atoms in total. The molecule has 2 aromatic carbocycles. The van der Waals surface area contributed by atoms with Crippen molar-refractivity contribution in [3.63, 3.8) is 0 Å². The number of aromatic nitrogens is 1. The molecule has 0 unspecified atom stereocenters. The lowest BCUT2D eigenvalue weighted by atomic mass is 10.3. The number of thiazole rings is 1. The molecule has 0 aliphatic carbocycles. The standard InChI is InChI=1S/C19H21N3O3S/c1-2-24-14-7-9-15(10-8-14)25-13-18(23)20-11-12-21-19-22-16-5-3-4-6-17(16)26-19/h3-10H,2,11-13H2,1H3,(H,20,23)(H,21,22). The van der Waals surface area contributed by atoms with Crippen molar-refractivity contribution < 1.29 is 14.3 Å². The Morgan fingerprint density at radius 1 is 1.04 bits per heavy atom. The molecule has 0 aliphatic heterocycles. The number of benzene rings is 2. The molecular formula is C19H21N3O3S. The van der Waals surface area contributed by atoms with E-state index in [-0.39, 0.29) is 12.5 Å². The molecule has 26 heavy (non-hydrogen) atoms.